The molecule has 0 fully saturated rings. The Morgan fingerprint density at radius 1 is 1.47 bits per heavy atom. The van der Waals surface area contributed by atoms with Crippen LogP contribution in [0.15, 0.2) is 18.2 Å². The van der Waals surface area contributed by atoms with Crippen LogP contribution < -0.4 is 4.74 Å². The molecule has 6 heteroatoms. The van der Waals surface area contributed by atoms with Crippen LogP contribution in [-0.2, 0) is 0 Å². The largest absolute Gasteiger partial charge is 0.494 e. The highest BCUT2D eigenvalue weighted by atomic mass is 35.5. The SMILES string of the molecule is COc1ccc(Cl)cc1-n1nnc(C=O)c1C. The first kappa shape index (κ1) is 11.6. The molecule has 88 valence electrons. The van der Waals surface area contributed by atoms with E-state index in [-0.39, 0.29) is 0 Å². The molecule has 0 aliphatic rings. The Bertz CT molecular complexity index is 566. The molecule has 17 heavy (non-hydrogen) atoms. The van der Waals surface area contributed by atoms with E-state index in [0.29, 0.717) is 34.1 Å². The Labute approximate surface area is 103 Å². The molecule has 1 aromatic heterocycles. The summed E-state index contributed by atoms with van der Waals surface area (Å²) in [4.78, 5) is 10.7. The van der Waals surface area contributed by atoms with E-state index in [4.69, 9.17) is 16.3 Å². The van der Waals surface area contributed by atoms with Gasteiger partial charge >= 0.3 is 0 Å². The second-order valence-corrected chi connectivity index (χ2v) is 3.84. The number of hydrogen-bond donors (Lipinski definition) is 0. The molecule has 0 unspecified atom stereocenters. The Balaban J connectivity index is 2.62. The molecule has 2 aromatic rings. The number of ether oxygens (including phenoxy) is 1. The van der Waals surface area contributed by atoms with Crippen molar-refractivity contribution in [3.05, 3.63) is 34.6 Å². The van der Waals surface area contributed by atoms with Gasteiger partial charge in [0.05, 0.1) is 12.8 Å². The Hall–Kier alpha value is -1.88. The van der Waals surface area contributed by atoms with Gasteiger partial charge in [0.25, 0.3) is 0 Å². The van der Waals surface area contributed by atoms with Gasteiger partial charge in [-0.2, -0.15) is 0 Å². The van der Waals surface area contributed by atoms with Crippen LogP contribution in [0, 0.1) is 6.92 Å². The van der Waals surface area contributed by atoms with Crippen molar-refractivity contribution in [2.45, 2.75) is 6.92 Å². The number of nitrogens with zero attached hydrogens (tertiary/aromatic N) is 3. The summed E-state index contributed by atoms with van der Waals surface area (Å²) in [6.45, 7) is 1.75. The van der Waals surface area contributed by atoms with Gasteiger partial charge in [-0.3, -0.25) is 4.79 Å². The van der Waals surface area contributed by atoms with Gasteiger partial charge in [-0.1, -0.05) is 16.8 Å². The van der Waals surface area contributed by atoms with Crippen LogP contribution in [0.5, 0.6) is 5.75 Å². The standard InChI is InChI=1S/C11H10ClN3O2/c1-7-9(6-16)13-14-15(7)10-5-8(12)3-4-11(10)17-2/h3-6H,1-2H3. The summed E-state index contributed by atoms with van der Waals surface area (Å²) in [5.74, 6) is 0.611. The molecule has 0 aliphatic heterocycles. The summed E-state index contributed by atoms with van der Waals surface area (Å²) in [5, 5.41) is 8.22. The van der Waals surface area contributed by atoms with Crippen molar-refractivity contribution < 1.29 is 9.53 Å². The molecule has 0 amide bonds. The molecule has 0 saturated heterocycles. The van der Waals surface area contributed by atoms with E-state index in [1.165, 1.54) is 4.68 Å². The molecule has 0 N–H and O–H groups in total. The second kappa shape index (κ2) is 4.55. The van der Waals surface area contributed by atoms with Gasteiger partial charge in [0.2, 0.25) is 0 Å². The zero-order valence-electron chi connectivity index (χ0n) is 9.35. The summed E-state index contributed by atoms with van der Waals surface area (Å²) in [7, 11) is 1.56. The fraction of sp³-hybridized carbons (Fsp3) is 0.182. The molecule has 0 atom stereocenters. The van der Waals surface area contributed by atoms with E-state index in [1.807, 2.05) is 0 Å². The topological polar surface area (TPSA) is 57.0 Å². The van der Waals surface area contributed by atoms with Crippen molar-refractivity contribution in [1.82, 2.24) is 15.0 Å². The Morgan fingerprint density at radius 3 is 2.82 bits per heavy atom. The molecule has 5 nitrogen and oxygen atoms in total. The number of hydrogen-bond acceptors (Lipinski definition) is 4. The van der Waals surface area contributed by atoms with Gasteiger partial charge in [0, 0.05) is 5.02 Å². The highest BCUT2D eigenvalue weighted by Crippen LogP contribution is 2.26. The first-order valence-electron chi connectivity index (χ1n) is 4.88. The zero-order chi connectivity index (χ0) is 12.4. The third-order valence-corrected chi connectivity index (χ3v) is 2.65. The number of methoxy groups -OCH3 is 1. The molecule has 2 rings (SSSR count). The maximum absolute atomic E-state index is 10.7. The van der Waals surface area contributed by atoms with E-state index in [1.54, 1.807) is 32.2 Å². The average molecular weight is 252 g/mol. The van der Waals surface area contributed by atoms with Crippen LogP contribution >= 0.6 is 11.6 Å². The van der Waals surface area contributed by atoms with Crippen molar-refractivity contribution in [3.8, 4) is 11.4 Å². The smallest absolute Gasteiger partial charge is 0.172 e. The summed E-state index contributed by atoms with van der Waals surface area (Å²) in [5.41, 5.74) is 1.59. The van der Waals surface area contributed by atoms with Crippen molar-refractivity contribution in [2.75, 3.05) is 7.11 Å². The van der Waals surface area contributed by atoms with E-state index in [0.717, 1.165) is 0 Å². The van der Waals surface area contributed by atoms with Crippen molar-refractivity contribution >= 4 is 17.9 Å². The number of carbonyl (C=O) groups is 1. The van der Waals surface area contributed by atoms with Crippen LogP contribution in [0.2, 0.25) is 5.02 Å². The maximum atomic E-state index is 10.7. The Kier molecular flexibility index (Phi) is 3.10. The molecule has 0 radical (unpaired) electrons. The molecular formula is C11H10ClN3O2. The van der Waals surface area contributed by atoms with Crippen LogP contribution in [0.4, 0.5) is 0 Å². The minimum absolute atomic E-state index is 0.298. The van der Waals surface area contributed by atoms with Gasteiger partial charge in [0.15, 0.2) is 6.29 Å². The third kappa shape index (κ3) is 2.01. The predicted molar refractivity (Wildman–Crippen MR) is 63.0 cm³/mol. The molecule has 0 bridgehead atoms. The summed E-state index contributed by atoms with van der Waals surface area (Å²) in [6.07, 6.45) is 0.663. The van der Waals surface area contributed by atoms with Gasteiger partial charge in [0.1, 0.15) is 17.1 Å². The number of rotatable bonds is 3. The van der Waals surface area contributed by atoms with E-state index >= 15 is 0 Å². The molecular weight excluding hydrogens is 242 g/mol. The number of halogens is 1. The molecule has 0 aliphatic carbocycles. The predicted octanol–water partition coefficient (Wildman–Crippen LogP) is 2.05. The minimum Gasteiger partial charge on any atom is -0.494 e. The lowest BCUT2D eigenvalue weighted by molar-refractivity contribution is 0.111. The molecule has 0 spiro atoms. The monoisotopic (exact) mass is 251 g/mol. The maximum Gasteiger partial charge on any atom is 0.172 e. The summed E-state index contributed by atoms with van der Waals surface area (Å²) < 4.78 is 6.74. The highest BCUT2D eigenvalue weighted by molar-refractivity contribution is 6.30. The van der Waals surface area contributed by atoms with Gasteiger partial charge in [-0.15, -0.1) is 5.10 Å². The van der Waals surface area contributed by atoms with Gasteiger partial charge < -0.3 is 4.74 Å². The quantitative estimate of drug-likeness (QED) is 0.784. The van der Waals surface area contributed by atoms with Crippen molar-refractivity contribution in [3.63, 3.8) is 0 Å². The number of aldehydes is 1. The normalized spacial score (nSPS) is 10.3. The van der Waals surface area contributed by atoms with Crippen molar-refractivity contribution in [1.29, 1.82) is 0 Å². The van der Waals surface area contributed by atoms with E-state index < -0.39 is 0 Å². The van der Waals surface area contributed by atoms with E-state index in [9.17, 15) is 4.79 Å². The third-order valence-electron chi connectivity index (χ3n) is 2.41. The lowest BCUT2D eigenvalue weighted by Crippen LogP contribution is -2.02. The zero-order valence-corrected chi connectivity index (χ0v) is 10.1. The number of aromatic nitrogens is 3. The minimum atomic E-state index is 0.298. The molecule has 0 saturated carbocycles. The molecule has 1 heterocycles. The van der Waals surface area contributed by atoms with Crippen LogP contribution in [0.3, 0.4) is 0 Å². The fourth-order valence-corrected chi connectivity index (χ4v) is 1.67. The van der Waals surface area contributed by atoms with Gasteiger partial charge in [-0.25, -0.2) is 4.68 Å². The van der Waals surface area contributed by atoms with E-state index in [2.05, 4.69) is 10.3 Å². The van der Waals surface area contributed by atoms with Crippen LogP contribution in [-0.4, -0.2) is 28.4 Å². The van der Waals surface area contributed by atoms with Crippen molar-refractivity contribution in [2.24, 2.45) is 0 Å². The lowest BCUT2D eigenvalue weighted by atomic mass is 10.2. The van der Waals surface area contributed by atoms with Crippen LogP contribution in [0.25, 0.3) is 5.69 Å². The summed E-state index contributed by atoms with van der Waals surface area (Å²) in [6, 6.07) is 5.16. The fourth-order valence-electron chi connectivity index (χ4n) is 1.51. The first-order valence-corrected chi connectivity index (χ1v) is 5.26. The average Bonchev–Trinajstić information content (AvgIpc) is 2.70. The van der Waals surface area contributed by atoms with Gasteiger partial charge in [-0.05, 0) is 25.1 Å². The second-order valence-electron chi connectivity index (χ2n) is 3.41. The Morgan fingerprint density at radius 2 is 2.24 bits per heavy atom. The molecule has 1 aromatic carbocycles. The number of carbonyl (C=O) groups excluding carboxylic acids is 1. The summed E-state index contributed by atoms with van der Waals surface area (Å²) >= 11 is 5.93. The van der Waals surface area contributed by atoms with Crippen LogP contribution in [0.1, 0.15) is 16.2 Å². The first-order chi connectivity index (χ1) is 8.17. The lowest BCUT2D eigenvalue weighted by Gasteiger charge is -2.09. The highest BCUT2D eigenvalue weighted by Gasteiger charge is 2.13. The number of benzene rings is 1.